The van der Waals surface area contributed by atoms with Crippen LogP contribution in [0, 0.1) is 5.92 Å². The van der Waals surface area contributed by atoms with Crippen LogP contribution >= 0.6 is 0 Å². The molecular weight excluding hydrogens is 652 g/mol. The molecule has 1 unspecified atom stereocenters. The molecule has 0 bridgehead atoms. The number of hydrogen-bond acceptors (Lipinski definition) is 9. The van der Waals surface area contributed by atoms with Gasteiger partial charge in [0.05, 0.1) is 23.5 Å². The molecule has 3 aliphatic rings. The van der Waals surface area contributed by atoms with Crippen LogP contribution in [-0.2, 0) is 20.0 Å². The Kier molecular flexibility index (Phi) is 10.7. The summed E-state index contributed by atoms with van der Waals surface area (Å²) in [5, 5.41) is 41.2. The molecule has 3 fully saturated rings. The van der Waals surface area contributed by atoms with Crippen molar-refractivity contribution in [2.75, 3.05) is 19.6 Å². The lowest BCUT2D eigenvalue weighted by Gasteiger charge is -2.42. The molecule has 0 radical (unpaired) electrons. The zero-order valence-corrected chi connectivity index (χ0v) is 29.4. The third-order valence-corrected chi connectivity index (χ3v) is 11.0. The van der Waals surface area contributed by atoms with Crippen molar-refractivity contribution in [3.8, 4) is 0 Å². The van der Waals surface area contributed by atoms with Crippen molar-refractivity contribution in [1.82, 2.24) is 35.8 Å². The number of nitrogens with zero attached hydrogens (tertiary/aromatic N) is 4. The minimum atomic E-state index is -1.64. The second-order valence-electron chi connectivity index (χ2n) is 15.0. The number of primary amides is 1. The average Bonchev–Trinajstić information content (AvgIpc) is 3.80. The molecule has 3 heterocycles. The number of piperidine rings is 1. The number of amides is 4. The van der Waals surface area contributed by atoms with Crippen LogP contribution in [0.4, 0.5) is 0 Å². The number of rotatable bonds is 11. The zero-order valence-electron chi connectivity index (χ0n) is 29.4. The number of likely N-dealkylation sites (tertiary alicyclic amines) is 1. The molecule has 4 atom stereocenters. The van der Waals surface area contributed by atoms with Crippen LogP contribution in [0.25, 0.3) is 10.8 Å². The maximum atomic E-state index is 14.8. The van der Waals surface area contributed by atoms with E-state index in [0.717, 1.165) is 42.9 Å². The topological polar surface area (TPSA) is 205 Å². The standard InChI is InChI=1S/C37H50N8O6/c1-36(2,51)30-21-40-43-45(30)27-20-29(34(49)42-37(31(46)32(38)47)14-16-39-17-15-37)44(22-27)35(50)28(18-23-8-4-3-5-9-23)41-33(48)26-13-12-24-10-6-7-11-25(24)19-26/h6-7,10-13,19,21,23,27-29,31,39,46,51H,3-5,8-9,14-18,20,22H2,1-2H3,(H2,38,47)(H,41,48)(H,42,49)/t27-,28+,29-,31?/m0/s1. The van der Waals surface area contributed by atoms with Crippen LogP contribution in [0.5, 0.6) is 0 Å². The summed E-state index contributed by atoms with van der Waals surface area (Å²) in [5.74, 6) is -2.07. The van der Waals surface area contributed by atoms with Crippen molar-refractivity contribution in [2.45, 2.75) is 107 Å². The Morgan fingerprint density at radius 3 is 2.45 bits per heavy atom. The van der Waals surface area contributed by atoms with Gasteiger partial charge in [-0.25, -0.2) is 4.68 Å². The highest BCUT2D eigenvalue weighted by Gasteiger charge is 2.49. The van der Waals surface area contributed by atoms with Crippen LogP contribution < -0.4 is 21.7 Å². The predicted molar refractivity (Wildman–Crippen MR) is 189 cm³/mol. The number of carbonyl (C=O) groups is 4. The maximum absolute atomic E-state index is 14.8. The van der Waals surface area contributed by atoms with E-state index in [1.54, 1.807) is 30.7 Å². The fourth-order valence-electron chi connectivity index (χ4n) is 8.13. The van der Waals surface area contributed by atoms with E-state index in [4.69, 9.17) is 5.73 Å². The van der Waals surface area contributed by atoms with Crippen molar-refractivity contribution in [3.05, 3.63) is 59.9 Å². The zero-order chi connectivity index (χ0) is 36.3. The predicted octanol–water partition coefficient (Wildman–Crippen LogP) is 1.65. The monoisotopic (exact) mass is 702 g/mol. The molecule has 0 spiro atoms. The van der Waals surface area contributed by atoms with E-state index in [0.29, 0.717) is 30.8 Å². The average molecular weight is 703 g/mol. The van der Waals surface area contributed by atoms with E-state index >= 15 is 0 Å². The molecule has 2 saturated heterocycles. The van der Waals surface area contributed by atoms with Gasteiger partial charge in [-0.15, -0.1) is 5.10 Å². The molecule has 7 N–H and O–H groups in total. The number of benzene rings is 2. The Balaban J connectivity index is 1.33. The van der Waals surface area contributed by atoms with Crippen LogP contribution in [0.2, 0.25) is 0 Å². The number of aromatic nitrogens is 3. The van der Waals surface area contributed by atoms with Crippen LogP contribution in [0.15, 0.2) is 48.7 Å². The van der Waals surface area contributed by atoms with E-state index in [2.05, 4.69) is 26.3 Å². The Morgan fingerprint density at radius 1 is 1.06 bits per heavy atom. The molecule has 51 heavy (non-hydrogen) atoms. The van der Waals surface area contributed by atoms with Gasteiger partial charge < -0.3 is 36.8 Å². The van der Waals surface area contributed by atoms with Crippen molar-refractivity contribution in [1.29, 1.82) is 0 Å². The highest BCUT2D eigenvalue weighted by molar-refractivity contribution is 6.01. The van der Waals surface area contributed by atoms with Crippen LogP contribution in [-0.4, -0.2) is 97.1 Å². The summed E-state index contributed by atoms with van der Waals surface area (Å²) in [6.45, 7) is 4.17. The van der Waals surface area contributed by atoms with E-state index in [-0.39, 0.29) is 37.6 Å². The van der Waals surface area contributed by atoms with Crippen LogP contribution in [0.3, 0.4) is 0 Å². The molecule has 6 rings (SSSR count). The summed E-state index contributed by atoms with van der Waals surface area (Å²) in [6, 6.07) is 10.7. The Bertz CT molecular complexity index is 1740. The second-order valence-corrected chi connectivity index (χ2v) is 15.0. The number of nitrogens with one attached hydrogen (secondary N) is 3. The first-order chi connectivity index (χ1) is 24.4. The molecule has 2 aliphatic heterocycles. The van der Waals surface area contributed by atoms with E-state index < -0.39 is 53.1 Å². The van der Waals surface area contributed by atoms with Gasteiger partial charge in [-0.1, -0.05) is 67.6 Å². The van der Waals surface area contributed by atoms with Gasteiger partial charge in [-0.3, -0.25) is 19.2 Å². The van der Waals surface area contributed by atoms with Gasteiger partial charge in [0, 0.05) is 18.5 Å². The normalized spacial score (nSPS) is 22.3. The van der Waals surface area contributed by atoms with E-state index in [1.165, 1.54) is 11.1 Å². The maximum Gasteiger partial charge on any atom is 0.251 e. The van der Waals surface area contributed by atoms with E-state index in [9.17, 15) is 29.4 Å². The smallest absolute Gasteiger partial charge is 0.251 e. The Labute approximate surface area is 297 Å². The lowest BCUT2D eigenvalue weighted by Crippen LogP contribution is -2.66. The van der Waals surface area contributed by atoms with Crippen molar-refractivity contribution >= 4 is 34.4 Å². The number of nitrogens with two attached hydrogens (primary N) is 1. The molecule has 1 aliphatic carbocycles. The first-order valence-electron chi connectivity index (χ1n) is 18.1. The van der Waals surface area contributed by atoms with Gasteiger partial charge >= 0.3 is 0 Å². The Morgan fingerprint density at radius 2 is 1.76 bits per heavy atom. The minimum absolute atomic E-state index is 0.0588. The first-order valence-corrected chi connectivity index (χ1v) is 18.1. The number of aliphatic hydroxyl groups excluding tert-OH is 1. The van der Waals surface area contributed by atoms with E-state index in [1.807, 2.05) is 30.3 Å². The van der Waals surface area contributed by atoms with Crippen molar-refractivity contribution in [2.24, 2.45) is 11.7 Å². The van der Waals surface area contributed by atoms with Gasteiger partial charge in [0.15, 0.2) is 6.10 Å². The molecule has 14 heteroatoms. The first kappa shape index (κ1) is 36.4. The molecule has 14 nitrogen and oxygen atoms in total. The summed E-state index contributed by atoms with van der Waals surface area (Å²) in [5.41, 5.74) is 3.77. The van der Waals surface area contributed by atoms with Gasteiger partial charge in [0.2, 0.25) is 17.7 Å². The minimum Gasteiger partial charge on any atom is -0.384 e. The van der Waals surface area contributed by atoms with Gasteiger partial charge in [0.1, 0.15) is 17.7 Å². The largest absolute Gasteiger partial charge is 0.384 e. The van der Waals surface area contributed by atoms with Crippen molar-refractivity contribution in [3.63, 3.8) is 0 Å². The summed E-state index contributed by atoms with van der Waals surface area (Å²) >= 11 is 0. The number of fused-ring (bicyclic) bond motifs is 1. The summed E-state index contributed by atoms with van der Waals surface area (Å²) in [6.07, 6.45) is 5.99. The second kappa shape index (κ2) is 15.1. The third-order valence-electron chi connectivity index (χ3n) is 11.0. The lowest BCUT2D eigenvalue weighted by molar-refractivity contribution is -0.143. The molecule has 2 aromatic carbocycles. The summed E-state index contributed by atoms with van der Waals surface area (Å²) in [7, 11) is 0. The summed E-state index contributed by atoms with van der Waals surface area (Å²) < 4.78 is 1.55. The molecule has 3 aromatic rings. The fraction of sp³-hybridized carbons (Fsp3) is 0.568. The fourth-order valence-corrected chi connectivity index (χ4v) is 8.13. The van der Waals surface area contributed by atoms with Gasteiger partial charge in [-0.2, -0.15) is 0 Å². The Hall–Kier alpha value is -4.40. The molecule has 1 aromatic heterocycles. The molecule has 4 amide bonds. The number of hydrogen-bond donors (Lipinski definition) is 6. The molecule has 274 valence electrons. The highest BCUT2D eigenvalue weighted by atomic mass is 16.3. The number of aliphatic hydroxyl groups is 2. The summed E-state index contributed by atoms with van der Waals surface area (Å²) in [4.78, 5) is 56.8. The quantitative estimate of drug-likeness (QED) is 0.172. The number of carbonyl (C=O) groups excluding carboxylic acids is 4. The SMILES string of the molecule is CC(C)(O)c1cnnn1[C@H]1C[C@@H](C(=O)NC2(C(O)C(N)=O)CCNCC2)N(C(=O)[C@@H](CC2CCCCC2)NC(=O)c2ccc3ccccc3c2)C1. The third kappa shape index (κ3) is 7.92. The van der Waals surface area contributed by atoms with Gasteiger partial charge in [0.25, 0.3) is 5.91 Å². The van der Waals surface area contributed by atoms with Gasteiger partial charge in [-0.05, 0) is 75.0 Å². The molecular formula is C37H50N8O6. The van der Waals surface area contributed by atoms with Crippen molar-refractivity contribution < 1.29 is 29.4 Å². The lowest BCUT2D eigenvalue weighted by atomic mass is 9.82. The highest BCUT2D eigenvalue weighted by Crippen LogP contribution is 2.34. The van der Waals surface area contributed by atoms with Crippen LogP contribution in [0.1, 0.15) is 93.7 Å². The molecule has 1 saturated carbocycles.